The van der Waals surface area contributed by atoms with Gasteiger partial charge >= 0.3 is 5.97 Å². The van der Waals surface area contributed by atoms with Crippen molar-refractivity contribution in [2.24, 2.45) is 17.8 Å². The predicted octanol–water partition coefficient (Wildman–Crippen LogP) is 1.88. The van der Waals surface area contributed by atoms with E-state index in [9.17, 15) is 9.59 Å². The SMILES string of the molecule is C=C(C)C(=O)OC1C2CC3CC(C2)C(=O)COC1C3. The summed E-state index contributed by atoms with van der Waals surface area (Å²) in [5.74, 6) is 0.819. The van der Waals surface area contributed by atoms with Crippen LogP contribution in [0.3, 0.4) is 0 Å². The smallest absolute Gasteiger partial charge is 0.333 e. The molecule has 0 aromatic rings. The van der Waals surface area contributed by atoms with E-state index >= 15 is 0 Å². The third kappa shape index (κ3) is 2.34. The van der Waals surface area contributed by atoms with E-state index in [1.165, 1.54) is 0 Å². The minimum Gasteiger partial charge on any atom is -0.456 e. The molecule has 0 aromatic carbocycles. The molecule has 4 aliphatic rings. The molecule has 2 saturated heterocycles. The minimum absolute atomic E-state index is 0.107. The molecule has 2 aliphatic carbocycles. The van der Waals surface area contributed by atoms with Crippen molar-refractivity contribution in [1.29, 1.82) is 0 Å². The van der Waals surface area contributed by atoms with Gasteiger partial charge in [-0.3, -0.25) is 4.79 Å². The Bertz CT molecular complexity index is 426. The number of hydrogen-bond donors (Lipinski definition) is 0. The number of fused-ring (bicyclic) bond motifs is 2. The quantitative estimate of drug-likeness (QED) is 0.564. The Kier molecular flexibility index (Phi) is 3.21. The van der Waals surface area contributed by atoms with E-state index < -0.39 is 0 Å². The molecule has 0 radical (unpaired) electrons. The van der Waals surface area contributed by atoms with Crippen LogP contribution in [-0.4, -0.2) is 30.6 Å². The molecule has 5 unspecified atom stereocenters. The largest absolute Gasteiger partial charge is 0.456 e. The lowest BCUT2D eigenvalue weighted by molar-refractivity contribution is -0.181. The predicted molar refractivity (Wildman–Crippen MR) is 68.4 cm³/mol. The molecule has 4 heteroatoms. The summed E-state index contributed by atoms with van der Waals surface area (Å²) < 4.78 is 11.3. The molecule has 2 saturated carbocycles. The molecule has 0 amide bonds. The fourth-order valence-electron chi connectivity index (χ4n) is 3.84. The van der Waals surface area contributed by atoms with Crippen LogP contribution in [-0.2, 0) is 19.1 Å². The zero-order valence-corrected chi connectivity index (χ0v) is 11.3. The highest BCUT2D eigenvalue weighted by Gasteiger charge is 2.48. The number of Topliss-reactive ketones (excluding diaryl/α,β-unsaturated/α-hetero) is 1. The van der Waals surface area contributed by atoms with Gasteiger partial charge in [-0.1, -0.05) is 6.58 Å². The molecule has 5 atom stereocenters. The van der Waals surface area contributed by atoms with Gasteiger partial charge in [-0.15, -0.1) is 0 Å². The van der Waals surface area contributed by atoms with E-state index in [1.807, 2.05) is 0 Å². The van der Waals surface area contributed by atoms with Crippen LogP contribution in [0.1, 0.15) is 32.6 Å². The second-order valence-corrected chi connectivity index (χ2v) is 6.23. The van der Waals surface area contributed by atoms with Crippen molar-refractivity contribution in [3.05, 3.63) is 12.2 Å². The lowest BCUT2D eigenvalue weighted by Gasteiger charge is -2.48. The first-order valence-corrected chi connectivity index (χ1v) is 7.05. The normalized spacial score (nSPS) is 40.7. The van der Waals surface area contributed by atoms with Crippen molar-refractivity contribution in [2.75, 3.05) is 6.61 Å². The van der Waals surface area contributed by atoms with E-state index in [0.29, 0.717) is 11.5 Å². The van der Waals surface area contributed by atoms with Crippen molar-refractivity contribution in [3.63, 3.8) is 0 Å². The molecule has 19 heavy (non-hydrogen) atoms. The van der Waals surface area contributed by atoms with Crippen molar-refractivity contribution in [1.82, 2.24) is 0 Å². The summed E-state index contributed by atoms with van der Waals surface area (Å²) in [6.07, 6.45) is 3.50. The summed E-state index contributed by atoms with van der Waals surface area (Å²) in [4.78, 5) is 23.7. The average Bonchev–Trinajstić information content (AvgIpc) is 2.37. The third-order valence-corrected chi connectivity index (χ3v) is 4.72. The second-order valence-electron chi connectivity index (χ2n) is 6.23. The van der Waals surface area contributed by atoms with Gasteiger partial charge in [-0.2, -0.15) is 0 Å². The van der Waals surface area contributed by atoms with Crippen LogP contribution >= 0.6 is 0 Å². The van der Waals surface area contributed by atoms with Gasteiger partial charge < -0.3 is 9.47 Å². The van der Waals surface area contributed by atoms with Crippen molar-refractivity contribution in [3.8, 4) is 0 Å². The van der Waals surface area contributed by atoms with Crippen LogP contribution in [0, 0.1) is 17.8 Å². The topological polar surface area (TPSA) is 52.6 Å². The molecule has 4 bridgehead atoms. The van der Waals surface area contributed by atoms with E-state index in [-0.39, 0.29) is 42.4 Å². The van der Waals surface area contributed by atoms with Crippen molar-refractivity contribution in [2.45, 2.75) is 44.8 Å². The zero-order chi connectivity index (χ0) is 13.6. The van der Waals surface area contributed by atoms with Crippen LogP contribution in [0.25, 0.3) is 0 Å². The number of ether oxygens (including phenoxy) is 2. The minimum atomic E-state index is -0.342. The molecule has 4 rings (SSSR count). The summed E-state index contributed by atoms with van der Waals surface area (Å²) in [5.41, 5.74) is 0.418. The van der Waals surface area contributed by atoms with Gasteiger partial charge in [0, 0.05) is 11.5 Å². The maximum Gasteiger partial charge on any atom is 0.333 e. The highest BCUT2D eigenvalue weighted by atomic mass is 16.6. The number of carbonyl (C=O) groups is 2. The Morgan fingerprint density at radius 2 is 2.11 bits per heavy atom. The lowest BCUT2D eigenvalue weighted by Crippen LogP contribution is -2.52. The number of hydrogen-bond acceptors (Lipinski definition) is 4. The average molecular weight is 264 g/mol. The van der Waals surface area contributed by atoms with Gasteiger partial charge in [0.25, 0.3) is 0 Å². The zero-order valence-electron chi connectivity index (χ0n) is 11.3. The van der Waals surface area contributed by atoms with Gasteiger partial charge in [-0.05, 0) is 44.4 Å². The van der Waals surface area contributed by atoms with Crippen LogP contribution in [0.4, 0.5) is 0 Å². The maximum absolute atomic E-state index is 11.9. The molecular weight excluding hydrogens is 244 g/mol. The summed E-state index contributed by atoms with van der Waals surface area (Å²) in [5, 5.41) is 0. The van der Waals surface area contributed by atoms with Crippen LogP contribution in [0.5, 0.6) is 0 Å². The summed E-state index contributed by atoms with van der Waals surface area (Å²) in [6, 6.07) is 0. The summed E-state index contributed by atoms with van der Waals surface area (Å²) >= 11 is 0. The van der Waals surface area contributed by atoms with E-state index in [2.05, 4.69) is 6.58 Å². The summed E-state index contributed by atoms with van der Waals surface area (Å²) in [7, 11) is 0. The number of ketones is 1. The highest BCUT2D eigenvalue weighted by molar-refractivity contribution is 5.87. The first-order chi connectivity index (χ1) is 9.04. The number of rotatable bonds is 2. The Balaban J connectivity index is 1.80. The molecule has 0 aromatic heterocycles. The number of esters is 1. The monoisotopic (exact) mass is 264 g/mol. The lowest BCUT2D eigenvalue weighted by atomic mass is 9.64. The maximum atomic E-state index is 11.9. The Morgan fingerprint density at radius 1 is 1.32 bits per heavy atom. The first-order valence-electron chi connectivity index (χ1n) is 7.05. The molecule has 0 N–H and O–H groups in total. The Labute approximate surface area is 113 Å². The van der Waals surface area contributed by atoms with Crippen molar-refractivity contribution < 1.29 is 19.1 Å². The van der Waals surface area contributed by atoms with Gasteiger partial charge in [0.05, 0.1) is 6.10 Å². The molecule has 4 nitrogen and oxygen atoms in total. The van der Waals surface area contributed by atoms with Gasteiger partial charge in [-0.25, -0.2) is 4.79 Å². The van der Waals surface area contributed by atoms with Crippen LogP contribution < -0.4 is 0 Å². The van der Waals surface area contributed by atoms with Gasteiger partial charge in [0.1, 0.15) is 12.7 Å². The molecular formula is C15H20O4. The van der Waals surface area contributed by atoms with Crippen molar-refractivity contribution >= 4 is 11.8 Å². The molecule has 104 valence electrons. The van der Waals surface area contributed by atoms with E-state index in [1.54, 1.807) is 6.92 Å². The second kappa shape index (κ2) is 4.75. The first kappa shape index (κ1) is 12.9. The Hall–Kier alpha value is -1.16. The fraction of sp³-hybridized carbons (Fsp3) is 0.733. The standard InChI is InChI=1S/C15H20O4/c1-8(2)15(17)19-14-11-4-9-3-10(6-11)12(16)7-18-13(14)5-9/h9-11,13-14H,1,3-7H2,2H3. The van der Waals surface area contributed by atoms with E-state index in [4.69, 9.17) is 9.47 Å². The highest BCUT2D eigenvalue weighted by Crippen LogP contribution is 2.46. The molecule has 2 aliphatic heterocycles. The Morgan fingerprint density at radius 3 is 2.84 bits per heavy atom. The molecule has 4 fully saturated rings. The summed E-state index contributed by atoms with van der Waals surface area (Å²) in [6.45, 7) is 5.45. The van der Waals surface area contributed by atoms with Crippen LogP contribution in [0.15, 0.2) is 12.2 Å². The van der Waals surface area contributed by atoms with Gasteiger partial charge in [0.15, 0.2) is 5.78 Å². The van der Waals surface area contributed by atoms with Gasteiger partial charge in [0.2, 0.25) is 0 Å². The third-order valence-electron chi connectivity index (χ3n) is 4.72. The molecule has 2 heterocycles. The van der Waals surface area contributed by atoms with Crippen LogP contribution in [0.2, 0.25) is 0 Å². The fourth-order valence-corrected chi connectivity index (χ4v) is 3.84. The molecule has 0 spiro atoms. The number of carbonyl (C=O) groups excluding carboxylic acids is 2. The van der Waals surface area contributed by atoms with E-state index in [0.717, 1.165) is 25.7 Å².